The van der Waals surface area contributed by atoms with Gasteiger partial charge in [-0.15, -0.1) is 0 Å². The van der Waals surface area contributed by atoms with Gasteiger partial charge in [0.2, 0.25) is 5.91 Å². The standard InChI is InChI=1S/C23H30N2O3/c1-27-21-15-19-11-14-25(17-20(19)16-22(21)28-2)23(26)10-13-24-12-6-9-18-7-4-3-5-8-18/h3-5,7-8,15-16,24H,6,9-14,17H2,1-2H3. The lowest BCUT2D eigenvalue weighted by molar-refractivity contribution is -0.132. The summed E-state index contributed by atoms with van der Waals surface area (Å²) >= 11 is 0. The number of fused-ring (bicyclic) bond motifs is 1. The third-order valence-corrected chi connectivity index (χ3v) is 5.25. The molecule has 0 fully saturated rings. The molecule has 1 aliphatic rings. The molecule has 0 aromatic heterocycles. The van der Waals surface area contributed by atoms with Crippen LogP contribution in [0.3, 0.4) is 0 Å². The fraction of sp³-hybridized carbons (Fsp3) is 0.435. The molecule has 5 nitrogen and oxygen atoms in total. The average molecular weight is 383 g/mol. The first-order valence-corrected chi connectivity index (χ1v) is 9.97. The summed E-state index contributed by atoms with van der Waals surface area (Å²) < 4.78 is 10.8. The van der Waals surface area contributed by atoms with Gasteiger partial charge in [0, 0.05) is 26.1 Å². The fourth-order valence-corrected chi connectivity index (χ4v) is 3.64. The molecule has 1 heterocycles. The molecular weight excluding hydrogens is 352 g/mol. The summed E-state index contributed by atoms with van der Waals surface area (Å²) in [5.74, 6) is 1.67. The highest BCUT2D eigenvalue weighted by atomic mass is 16.5. The lowest BCUT2D eigenvalue weighted by Crippen LogP contribution is -2.37. The monoisotopic (exact) mass is 382 g/mol. The smallest absolute Gasteiger partial charge is 0.224 e. The molecule has 2 aromatic carbocycles. The average Bonchev–Trinajstić information content (AvgIpc) is 2.75. The summed E-state index contributed by atoms with van der Waals surface area (Å²) in [5.41, 5.74) is 3.74. The van der Waals surface area contributed by atoms with Crippen molar-refractivity contribution in [2.45, 2.75) is 32.2 Å². The van der Waals surface area contributed by atoms with Gasteiger partial charge in [-0.25, -0.2) is 0 Å². The third-order valence-electron chi connectivity index (χ3n) is 5.25. The lowest BCUT2D eigenvalue weighted by atomic mass is 9.98. The minimum Gasteiger partial charge on any atom is -0.493 e. The zero-order chi connectivity index (χ0) is 19.8. The van der Waals surface area contributed by atoms with E-state index in [-0.39, 0.29) is 5.91 Å². The Labute approximate surface area is 167 Å². The lowest BCUT2D eigenvalue weighted by Gasteiger charge is -2.29. The topological polar surface area (TPSA) is 50.8 Å². The van der Waals surface area contributed by atoms with Crippen molar-refractivity contribution in [3.05, 3.63) is 59.2 Å². The maximum atomic E-state index is 12.6. The Morgan fingerprint density at radius 3 is 2.46 bits per heavy atom. The van der Waals surface area contributed by atoms with E-state index in [0.717, 1.165) is 56.0 Å². The van der Waals surface area contributed by atoms with Crippen molar-refractivity contribution in [3.63, 3.8) is 0 Å². The maximum Gasteiger partial charge on any atom is 0.224 e. The maximum absolute atomic E-state index is 12.6. The van der Waals surface area contributed by atoms with Crippen LogP contribution in [0.1, 0.15) is 29.5 Å². The molecular formula is C23H30N2O3. The van der Waals surface area contributed by atoms with E-state index in [1.165, 1.54) is 11.1 Å². The predicted octanol–water partition coefficient (Wildman–Crippen LogP) is 3.20. The van der Waals surface area contributed by atoms with E-state index in [9.17, 15) is 4.79 Å². The molecule has 0 atom stereocenters. The van der Waals surface area contributed by atoms with E-state index in [4.69, 9.17) is 9.47 Å². The van der Waals surface area contributed by atoms with Crippen LogP contribution >= 0.6 is 0 Å². The number of nitrogens with zero attached hydrogens (tertiary/aromatic N) is 1. The summed E-state index contributed by atoms with van der Waals surface area (Å²) in [6.45, 7) is 3.06. The van der Waals surface area contributed by atoms with Crippen LogP contribution < -0.4 is 14.8 Å². The number of nitrogens with one attached hydrogen (secondary N) is 1. The predicted molar refractivity (Wildman–Crippen MR) is 111 cm³/mol. The molecule has 1 N–H and O–H groups in total. The Morgan fingerprint density at radius 1 is 1.04 bits per heavy atom. The van der Waals surface area contributed by atoms with Gasteiger partial charge in [-0.1, -0.05) is 30.3 Å². The van der Waals surface area contributed by atoms with Crippen LogP contribution in [0.15, 0.2) is 42.5 Å². The first-order valence-electron chi connectivity index (χ1n) is 9.97. The summed E-state index contributed by atoms with van der Waals surface area (Å²) in [5, 5.41) is 3.39. The molecule has 0 aliphatic carbocycles. The van der Waals surface area contributed by atoms with Gasteiger partial charge in [-0.3, -0.25) is 4.79 Å². The number of benzene rings is 2. The first kappa shape index (κ1) is 20.2. The minimum absolute atomic E-state index is 0.205. The Hall–Kier alpha value is -2.53. The van der Waals surface area contributed by atoms with E-state index < -0.39 is 0 Å². The highest BCUT2D eigenvalue weighted by molar-refractivity contribution is 5.76. The molecule has 3 rings (SSSR count). The van der Waals surface area contributed by atoms with Gasteiger partial charge >= 0.3 is 0 Å². The summed E-state index contributed by atoms with van der Waals surface area (Å²) in [6, 6.07) is 14.5. The zero-order valence-corrected chi connectivity index (χ0v) is 16.9. The number of hydrogen-bond donors (Lipinski definition) is 1. The number of rotatable bonds is 9. The molecule has 0 saturated carbocycles. The van der Waals surface area contributed by atoms with Crippen LogP contribution in [0.25, 0.3) is 0 Å². The van der Waals surface area contributed by atoms with E-state index in [2.05, 4.69) is 29.6 Å². The van der Waals surface area contributed by atoms with Crippen molar-refractivity contribution in [1.82, 2.24) is 10.2 Å². The van der Waals surface area contributed by atoms with Crippen LogP contribution in [0.2, 0.25) is 0 Å². The number of carbonyl (C=O) groups is 1. The van der Waals surface area contributed by atoms with Crippen molar-refractivity contribution in [3.8, 4) is 11.5 Å². The largest absolute Gasteiger partial charge is 0.493 e. The van der Waals surface area contributed by atoms with Gasteiger partial charge in [-0.05, 0) is 54.6 Å². The number of ether oxygens (including phenoxy) is 2. The second-order valence-electron chi connectivity index (χ2n) is 7.13. The molecule has 0 bridgehead atoms. The number of methoxy groups -OCH3 is 2. The Bertz CT molecular complexity index is 777. The fourth-order valence-electron chi connectivity index (χ4n) is 3.64. The van der Waals surface area contributed by atoms with Crippen LogP contribution in [0.4, 0.5) is 0 Å². The van der Waals surface area contributed by atoms with Crippen LogP contribution in [0, 0.1) is 0 Å². The highest BCUT2D eigenvalue weighted by Gasteiger charge is 2.22. The Balaban J connectivity index is 1.41. The molecule has 0 spiro atoms. The normalized spacial score (nSPS) is 13.1. The molecule has 1 amide bonds. The molecule has 28 heavy (non-hydrogen) atoms. The van der Waals surface area contributed by atoms with Crippen molar-refractivity contribution in [1.29, 1.82) is 0 Å². The molecule has 2 aromatic rings. The van der Waals surface area contributed by atoms with Crippen LogP contribution in [-0.4, -0.2) is 44.7 Å². The first-order chi connectivity index (χ1) is 13.7. The second kappa shape index (κ2) is 10.1. The quantitative estimate of drug-likeness (QED) is 0.677. The van der Waals surface area contributed by atoms with E-state index in [1.54, 1.807) is 14.2 Å². The van der Waals surface area contributed by atoms with E-state index >= 15 is 0 Å². The van der Waals surface area contributed by atoms with E-state index in [0.29, 0.717) is 13.0 Å². The molecule has 150 valence electrons. The van der Waals surface area contributed by atoms with Crippen molar-refractivity contribution in [2.75, 3.05) is 33.9 Å². The Morgan fingerprint density at radius 2 is 1.75 bits per heavy atom. The molecule has 0 unspecified atom stereocenters. The van der Waals surface area contributed by atoms with Crippen molar-refractivity contribution < 1.29 is 14.3 Å². The van der Waals surface area contributed by atoms with Gasteiger partial charge in [0.15, 0.2) is 11.5 Å². The van der Waals surface area contributed by atoms with Gasteiger partial charge in [-0.2, -0.15) is 0 Å². The number of hydrogen-bond acceptors (Lipinski definition) is 4. The summed E-state index contributed by atoms with van der Waals surface area (Å²) in [7, 11) is 3.29. The molecule has 0 radical (unpaired) electrons. The second-order valence-corrected chi connectivity index (χ2v) is 7.13. The van der Waals surface area contributed by atoms with Crippen LogP contribution in [-0.2, 0) is 24.2 Å². The number of carbonyl (C=O) groups excluding carboxylic acids is 1. The van der Waals surface area contributed by atoms with Gasteiger partial charge in [0.05, 0.1) is 14.2 Å². The zero-order valence-electron chi connectivity index (χ0n) is 16.9. The SMILES string of the molecule is COc1cc2c(cc1OC)CN(C(=O)CCNCCCc1ccccc1)CC2. The van der Waals surface area contributed by atoms with Gasteiger partial charge < -0.3 is 19.7 Å². The summed E-state index contributed by atoms with van der Waals surface area (Å²) in [6.07, 6.45) is 3.53. The molecule has 1 aliphatic heterocycles. The minimum atomic E-state index is 0.205. The summed E-state index contributed by atoms with van der Waals surface area (Å²) in [4.78, 5) is 14.5. The molecule has 0 saturated heterocycles. The number of aryl methyl sites for hydroxylation is 1. The van der Waals surface area contributed by atoms with E-state index in [1.807, 2.05) is 23.1 Å². The van der Waals surface area contributed by atoms with Crippen molar-refractivity contribution in [2.24, 2.45) is 0 Å². The number of amides is 1. The molecule has 5 heteroatoms. The van der Waals surface area contributed by atoms with Gasteiger partial charge in [0.1, 0.15) is 0 Å². The third kappa shape index (κ3) is 5.26. The van der Waals surface area contributed by atoms with Gasteiger partial charge in [0.25, 0.3) is 0 Å². The Kier molecular flexibility index (Phi) is 7.31. The highest BCUT2D eigenvalue weighted by Crippen LogP contribution is 2.33. The van der Waals surface area contributed by atoms with Crippen LogP contribution in [0.5, 0.6) is 11.5 Å². The van der Waals surface area contributed by atoms with Crippen molar-refractivity contribution >= 4 is 5.91 Å².